The molecular formula is C15H16N6O2. The summed E-state index contributed by atoms with van der Waals surface area (Å²) in [5, 5.41) is 18.2. The van der Waals surface area contributed by atoms with Crippen molar-refractivity contribution in [3.8, 4) is 6.07 Å². The van der Waals surface area contributed by atoms with Crippen LogP contribution in [0.3, 0.4) is 0 Å². The predicted octanol–water partition coefficient (Wildman–Crippen LogP) is 1.49. The van der Waals surface area contributed by atoms with E-state index in [-0.39, 0.29) is 12.5 Å². The summed E-state index contributed by atoms with van der Waals surface area (Å²) in [6.07, 6.45) is 3.00. The van der Waals surface area contributed by atoms with Gasteiger partial charge in [-0.2, -0.15) is 10.4 Å². The number of likely N-dealkylation sites (N-methyl/N-ethyl adjacent to an activating group) is 1. The molecular weight excluding hydrogens is 296 g/mol. The Kier molecular flexibility index (Phi) is 4.94. The monoisotopic (exact) mass is 312 g/mol. The zero-order valence-electron chi connectivity index (χ0n) is 12.8. The summed E-state index contributed by atoms with van der Waals surface area (Å²) >= 11 is 0. The summed E-state index contributed by atoms with van der Waals surface area (Å²) in [5.41, 5.74) is 1.24. The number of benzene rings is 1. The highest BCUT2D eigenvalue weighted by Gasteiger charge is 2.09. The SMILES string of the molecule is CN(C)C(=O)Cn1cc(NC(=O)Nc2ccccc2C#N)cn1. The minimum absolute atomic E-state index is 0.0908. The molecule has 0 aliphatic carbocycles. The lowest BCUT2D eigenvalue weighted by Crippen LogP contribution is -2.26. The van der Waals surface area contributed by atoms with E-state index in [4.69, 9.17) is 5.26 Å². The molecule has 1 aromatic heterocycles. The molecule has 2 N–H and O–H groups in total. The number of nitrogens with one attached hydrogen (secondary N) is 2. The Bertz CT molecular complexity index is 759. The van der Waals surface area contributed by atoms with E-state index < -0.39 is 6.03 Å². The van der Waals surface area contributed by atoms with E-state index in [0.717, 1.165) is 0 Å². The van der Waals surface area contributed by atoms with Crippen molar-refractivity contribution in [3.05, 3.63) is 42.2 Å². The second-order valence-electron chi connectivity index (χ2n) is 4.95. The second kappa shape index (κ2) is 7.09. The molecule has 23 heavy (non-hydrogen) atoms. The van der Waals surface area contributed by atoms with Gasteiger partial charge >= 0.3 is 6.03 Å². The number of urea groups is 1. The number of aromatic nitrogens is 2. The number of nitrogens with zero attached hydrogens (tertiary/aromatic N) is 4. The van der Waals surface area contributed by atoms with Gasteiger partial charge < -0.3 is 15.5 Å². The van der Waals surface area contributed by atoms with Crippen LogP contribution in [0.2, 0.25) is 0 Å². The van der Waals surface area contributed by atoms with Gasteiger partial charge in [0.25, 0.3) is 0 Å². The predicted molar refractivity (Wildman–Crippen MR) is 84.7 cm³/mol. The Morgan fingerprint density at radius 3 is 2.74 bits per heavy atom. The van der Waals surface area contributed by atoms with Crippen LogP contribution in [0.15, 0.2) is 36.7 Å². The maximum Gasteiger partial charge on any atom is 0.323 e. The molecule has 0 saturated heterocycles. The zero-order valence-corrected chi connectivity index (χ0v) is 12.8. The van der Waals surface area contributed by atoms with Crippen LogP contribution in [0.5, 0.6) is 0 Å². The molecule has 2 aromatic rings. The lowest BCUT2D eigenvalue weighted by molar-refractivity contribution is -0.129. The zero-order chi connectivity index (χ0) is 16.8. The molecule has 0 bridgehead atoms. The molecule has 0 aliphatic rings. The normalized spacial score (nSPS) is 9.78. The summed E-state index contributed by atoms with van der Waals surface area (Å²) in [6.45, 7) is 0.0908. The fourth-order valence-corrected chi connectivity index (χ4v) is 1.77. The van der Waals surface area contributed by atoms with Crippen molar-refractivity contribution in [2.75, 3.05) is 24.7 Å². The summed E-state index contributed by atoms with van der Waals surface area (Å²) in [4.78, 5) is 25.0. The van der Waals surface area contributed by atoms with Crippen molar-refractivity contribution in [1.82, 2.24) is 14.7 Å². The quantitative estimate of drug-likeness (QED) is 0.892. The maximum absolute atomic E-state index is 11.9. The van der Waals surface area contributed by atoms with Crippen molar-refractivity contribution in [2.24, 2.45) is 0 Å². The van der Waals surface area contributed by atoms with Gasteiger partial charge in [-0.15, -0.1) is 0 Å². The molecule has 0 unspecified atom stereocenters. The molecule has 0 aliphatic heterocycles. The van der Waals surface area contributed by atoms with Gasteiger partial charge in [0.1, 0.15) is 12.6 Å². The van der Waals surface area contributed by atoms with E-state index in [1.165, 1.54) is 15.8 Å². The number of amides is 3. The number of anilines is 2. The van der Waals surface area contributed by atoms with Crippen LogP contribution in [-0.2, 0) is 11.3 Å². The number of rotatable bonds is 4. The third-order valence-corrected chi connectivity index (χ3v) is 2.98. The summed E-state index contributed by atoms with van der Waals surface area (Å²) in [7, 11) is 3.32. The molecule has 8 nitrogen and oxygen atoms in total. The summed E-state index contributed by atoms with van der Waals surface area (Å²) in [6, 6.07) is 8.19. The highest BCUT2D eigenvalue weighted by atomic mass is 16.2. The van der Waals surface area contributed by atoms with E-state index in [2.05, 4.69) is 15.7 Å². The number of para-hydroxylation sites is 1. The minimum atomic E-state index is -0.494. The van der Waals surface area contributed by atoms with Crippen LogP contribution in [0, 0.1) is 11.3 Å². The number of nitriles is 1. The van der Waals surface area contributed by atoms with Crippen LogP contribution in [0.1, 0.15) is 5.56 Å². The van der Waals surface area contributed by atoms with E-state index in [0.29, 0.717) is 16.9 Å². The van der Waals surface area contributed by atoms with Gasteiger partial charge in [0.2, 0.25) is 5.91 Å². The van der Waals surface area contributed by atoms with Gasteiger partial charge in [-0.05, 0) is 12.1 Å². The Morgan fingerprint density at radius 1 is 1.30 bits per heavy atom. The van der Waals surface area contributed by atoms with E-state index in [9.17, 15) is 9.59 Å². The van der Waals surface area contributed by atoms with Crippen LogP contribution < -0.4 is 10.6 Å². The first-order valence-electron chi connectivity index (χ1n) is 6.79. The van der Waals surface area contributed by atoms with Gasteiger partial charge in [-0.3, -0.25) is 9.48 Å². The topological polar surface area (TPSA) is 103 Å². The standard InChI is InChI=1S/C15H16N6O2/c1-20(2)14(22)10-21-9-12(8-17-21)18-15(23)19-13-6-4-3-5-11(13)7-16/h3-6,8-9H,10H2,1-2H3,(H2,18,19,23). The fourth-order valence-electron chi connectivity index (χ4n) is 1.77. The Balaban J connectivity index is 1.97. The van der Waals surface area contributed by atoms with Crippen LogP contribution in [0.25, 0.3) is 0 Å². The molecule has 0 spiro atoms. The number of carbonyl (C=O) groups excluding carboxylic acids is 2. The van der Waals surface area contributed by atoms with Crippen molar-refractivity contribution < 1.29 is 9.59 Å². The third kappa shape index (κ3) is 4.31. The summed E-state index contributed by atoms with van der Waals surface area (Å²) in [5.74, 6) is -0.105. The van der Waals surface area contributed by atoms with Gasteiger partial charge in [0, 0.05) is 20.3 Å². The summed E-state index contributed by atoms with van der Waals surface area (Å²) < 4.78 is 1.43. The lowest BCUT2D eigenvalue weighted by Gasteiger charge is -2.09. The minimum Gasteiger partial charge on any atom is -0.347 e. The molecule has 2 rings (SSSR count). The number of hydrogen-bond donors (Lipinski definition) is 2. The van der Waals surface area contributed by atoms with Gasteiger partial charge in [0.15, 0.2) is 0 Å². The van der Waals surface area contributed by atoms with Crippen molar-refractivity contribution in [2.45, 2.75) is 6.54 Å². The molecule has 0 saturated carbocycles. The van der Waals surface area contributed by atoms with Crippen molar-refractivity contribution >= 4 is 23.3 Å². The Hall–Kier alpha value is -3.34. The van der Waals surface area contributed by atoms with Gasteiger partial charge in [-0.25, -0.2) is 4.79 Å². The third-order valence-electron chi connectivity index (χ3n) is 2.98. The van der Waals surface area contributed by atoms with Crippen LogP contribution >= 0.6 is 0 Å². The molecule has 1 aromatic carbocycles. The molecule has 0 atom stereocenters. The first-order chi connectivity index (χ1) is 11.0. The van der Waals surface area contributed by atoms with Gasteiger partial charge in [-0.1, -0.05) is 12.1 Å². The molecule has 118 valence electrons. The number of hydrogen-bond acceptors (Lipinski definition) is 4. The fraction of sp³-hybridized carbons (Fsp3) is 0.200. The largest absolute Gasteiger partial charge is 0.347 e. The van der Waals surface area contributed by atoms with E-state index in [1.807, 2.05) is 6.07 Å². The molecule has 3 amide bonds. The van der Waals surface area contributed by atoms with Crippen molar-refractivity contribution in [1.29, 1.82) is 5.26 Å². The van der Waals surface area contributed by atoms with Gasteiger partial charge in [0.05, 0.1) is 23.1 Å². The van der Waals surface area contributed by atoms with E-state index >= 15 is 0 Å². The average molecular weight is 312 g/mol. The lowest BCUT2D eigenvalue weighted by atomic mass is 10.2. The highest BCUT2D eigenvalue weighted by Crippen LogP contribution is 2.14. The first-order valence-corrected chi connectivity index (χ1v) is 6.79. The molecule has 0 radical (unpaired) electrons. The Morgan fingerprint density at radius 2 is 2.04 bits per heavy atom. The van der Waals surface area contributed by atoms with Crippen LogP contribution in [0.4, 0.5) is 16.2 Å². The second-order valence-corrected chi connectivity index (χ2v) is 4.95. The Labute approximate surface area is 133 Å². The molecule has 8 heteroatoms. The average Bonchev–Trinajstić information content (AvgIpc) is 2.94. The van der Waals surface area contributed by atoms with Crippen LogP contribution in [-0.4, -0.2) is 40.7 Å². The van der Waals surface area contributed by atoms with Crippen molar-refractivity contribution in [3.63, 3.8) is 0 Å². The molecule has 0 fully saturated rings. The maximum atomic E-state index is 11.9. The first kappa shape index (κ1) is 16.0. The number of carbonyl (C=O) groups is 2. The highest BCUT2D eigenvalue weighted by molar-refractivity contribution is 6.00. The smallest absolute Gasteiger partial charge is 0.323 e. The molecule has 1 heterocycles. The van der Waals surface area contributed by atoms with E-state index in [1.54, 1.807) is 44.6 Å².